The van der Waals surface area contributed by atoms with Crippen molar-refractivity contribution in [3.8, 4) is 0 Å². The molecule has 2 N–H and O–H groups in total. The fraction of sp³-hybridized carbons (Fsp3) is 0.917. The average molecular weight is 241 g/mol. The lowest BCUT2D eigenvalue weighted by atomic mass is 10.0. The predicted octanol–water partition coefficient (Wildman–Crippen LogP) is -0.735. The number of likely N-dealkylation sites (N-methyl/N-ethyl adjacent to an activating group) is 1. The van der Waals surface area contributed by atoms with Crippen LogP contribution < -0.4 is 5.32 Å². The van der Waals surface area contributed by atoms with Gasteiger partial charge in [0, 0.05) is 13.1 Å². The maximum absolute atomic E-state index is 11.7. The highest BCUT2D eigenvalue weighted by Gasteiger charge is 2.39. The molecule has 0 spiro atoms. The third-order valence-electron chi connectivity index (χ3n) is 3.73. The summed E-state index contributed by atoms with van der Waals surface area (Å²) < 4.78 is 0. The molecule has 17 heavy (non-hydrogen) atoms. The summed E-state index contributed by atoms with van der Waals surface area (Å²) in [6.07, 6.45) is 3.18. The molecule has 0 saturated carbocycles. The van der Waals surface area contributed by atoms with Crippen LogP contribution in [0.3, 0.4) is 0 Å². The number of nitrogens with one attached hydrogen (secondary N) is 1. The standard InChI is InChI=1S/C12H23N3O2/c1-13-8-11(16)15-7-4-12(17,10-15)9-14-5-2-3-6-14/h13,17H,2-10H2,1H3/t12-/m1/s1. The topological polar surface area (TPSA) is 55.8 Å². The Balaban J connectivity index is 1.84. The number of hydrogen-bond donors (Lipinski definition) is 2. The minimum atomic E-state index is -0.687. The van der Waals surface area contributed by atoms with Crippen LogP contribution in [0.1, 0.15) is 19.3 Å². The number of amides is 1. The zero-order chi connectivity index (χ0) is 12.3. The molecule has 0 unspecified atom stereocenters. The van der Waals surface area contributed by atoms with Crippen LogP contribution in [0.25, 0.3) is 0 Å². The van der Waals surface area contributed by atoms with E-state index in [4.69, 9.17) is 0 Å². The Morgan fingerprint density at radius 1 is 1.35 bits per heavy atom. The minimum Gasteiger partial charge on any atom is -0.387 e. The molecule has 0 aromatic carbocycles. The van der Waals surface area contributed by atoms with E-state index in [1.54, 1.807) is 11.9 Å². The van der Waals surface area contributed by atoms with Crippen molar-refractivity contribution in [2.45, 2.75) is 24.9 Å². The molecular weight excluding hydrogens is 218 g/mol. The Bertz CT molecular complexity index is 279. The molecule has 2 aliphatic rings. The third-order valence-corrected chi connectivity index (χ3v) is 3.73. The summed E-state index contributed by atoms with van der Waals surface area (Å²) in [6, 6.07) is 0. The molecule has 1 atom stereocenters. The van der Waals surface area contributed by atoms with Crippen LogP contribution in [0.4, 0.5) is 0 Å². The van der Waals surface area contributed by atoms with Crippen LogP contribution in [0.15, 0.2) is 0 Å². The number of carbonyl (C=O) groups excluding carboxylic acids is 1. The summed E-state index contributed by atoms with van der Waals surface area (Å²) in [4.78, 5) is 15.8. The van der Waals surface area contributed by atoms with Crippen molar-refractivity contribution in [3.63, 3.8) is 0 Å². The lowest BCUT2D eigenvalue weighted by Crippen LogP contribution is -2.45. The zero-order valence-corrected chi connectivity index (χ0v) is 10.6. The lowest BCUT2D eigenvalue weighted by Gasteiger charge is -2.28. The van der Waals surface area contributed by atoms with E-state index < -0.39 is 5.60 Å². The lowest BCUT2D eigenvalue weighted by molar-refractivity contribution is -0.130. The second-order valence-corrected chi connectivity index (χ2v) is 5.30. The maximum atomic E-state index is 11.7. The van der Waals surface area contributed by atoms with Crippen molar-refractivity contribution < 1.29 is 9.90 Å². The van der Waals surface area contributed by atoms with Gasteiger partial charge < -0.3 is 20.2 Å². The van der Waals surface area contributed by atoms with E-state index >= 15 is 0 Å². The van der Waals surface area contributed by atoms with E-state index in [1.807, 2.05) is 0 Å². The van der Waals surface area contributed by atoms with Gasteiger partial charge >= 0.3 is 0 Å². The number of rotatable bonds is 4. The van der Waals surface area contributed by atoms with Gasteiger partial charge in [-0.15, -0.1) is 0 Å². The fourth-order valence-corrected chi connectivity index (χ4v) is 2.82. The summed E-state index contributed by atoms with van der Waals surface area (Å²) in [7, 11) is 1.77. The normalized spacial score (nSPS) is 30.1. The van der Waals surface area contributed by atoms with E-state index in [0.717, 1.165) is 19.6 Å². The van der Waals surface area contributed by atoms with Crippen LogP contribution in [0.5, 0.6) is 0 Å². The molecule has 5 nitrogen and oxygen atoms in total. The van der Waals surface area contributed by atoms with Crippen molar-refractivity contribution >= 4 is 5.91 Å². The Labute approximate surface area is 103 Å². The zero-order valence-electron chi connectivity index (χ0n) is 10.6. The van der Waals surface area contributed by atoms with Crippen molar-refractivity contribution in [1.82, 2.24) is 15.1 Å². The summed E-state index contributed by atoms with van der Waals surface area (Å²) in [5.74, 6) is 0.0878. The molecule has 5 heteroatoms. The molecule has 2 rings (SSSR count). The van der Waals surface area contributed by atoms with Crippen LogP contribution in [-0.4, -0.2) is 72.7 Å². The first-order chi connectivity index (χ1) is 8.13. The molecule has 2 saturated heterocycles. The van der Waals surface area contributed by atoms with Gasteiger partial charge in [-0.3, -0.25) is 4.79 Å². The van der Waals surface area contributed by atoms with Crippen molar-refractivity contribution in [3.05, 3.63) is 0 Å². The highest BCUT2D eigenvalue weighted by Crippen LogP contribution is 2.24. The Hall–Kier alpha value is -0.650. The number of nitrogens with zero attached hydrogens (tertiary/aromatic N) is 2. The Morgan fingerprint density at radius 2 is 2.06 bits per heavy atom. The average Bonchev–Trinajstić information content (AvgIpc) is 2.89. The molecule has 0 aromatic rings. The largest absolute Gasteiger partial charge is 0.387 e. The first-order valence-electron chi connectivity index (χ1n) is 6.50. The van der Waals surface area contributed by atoms with Crippen molar-refractivity contribution in [2.75, 3.05) is 46.3 Å². The fourth-order valence-electron chi connectivity index (χ4n) is 2.82. The van der Waals surface area contributed by atoms with Gasteiger partial charge in [0.15, 0.2) is 0 Å². The SMILES string of the molecule is CNCC(=O)N1CC[C@@](O)(CN2CCCC2)C1. The van der Waals surface area contributed by atoms with Crippen LogP contribution in [-0.2, 0) is 4.79 Å². The molecule has 2 heterocycles. The monoisotopic (exact) mass is 241 g/mol. The van der Waals surface area contributed by atoms with Gasteiger partial charge in [0.25, 0.3) is 0 Å². The first-order valence-corrected chi connectivity index (χ1v) is 6.50. The summed E-state index contributed by atoms with van der Waals surface area (Å²) >= 11 is 0. The molecular formula is C12H23N3O2. The summed E-state index contributed by atoms with van der Waals surface area (Å²) in [5, 5.41) is 13.3. The molecule has 98 valence electrons. The molecule has 0 radical (unpaired) electrons. The van der Waals surface area contributed by atoms with Gasteiger partial charge in [-0.05, 0) is 39.4 Å². The highest BCUT2D eigenvalue weighted by atomic mass is 16.3. The number of likely N-dealkylation sites (tertiary alicyclic amines) is 2. The number of β-amino-alcohol motifs (C(OH)–C–C–N with tert-alkyl or cyclic N) is 1. The van der Waals surface area contributed by atoms with E-state index in [1.165, 1.54) is 12.8 Å². The third kappa shape index (κ3) is 3.18. The van der Waals surface area contributed by atoms with Crippen LogP contribution >= 0.6 is 0 Å². The summed E-state index contributed by atoms with van der Waals surface area (Å²) in [6.45, 7) is 4.44. The Morgan fingerprint density at radius 3 is 2.71 bits per heavy atom. The molecule has 1 amide bonds. The van der Waals surface area contributed by atoms with E-state index in [0.29, 0.717) is 26.1 Å². The highest BCUT2D eigenvalue weighted by molar-refractivity contribution is 5.78. The molecule has 2 fully saturated rings. The first kappa shape index (κ1) is 12.8. The second-order valence-electron chi connectivity index (χ2n) is 5.30. The minimum absolute atomic E-state index is 0.0878. The molecule has 0 aliphatic carbocycles. The van der Waals surface area contributed by atoms with Gasteiger partial charge in [0.2, 0.25) is 5.91 Å². The van der Waals surface area contributed by atoms with Crippen molar-refractivity contribution in [2.24, 2.45) is 0 Å². The smallest absolute Gasteiger partial charge is 0.236 e. The quantitative estimate of drug-likeness (QED) is 0.681. The van der Waals surface area contributed by atoms with E-state index in [-0.39, 0.29) is 5.91 Å². The van der Waals surface area contributed by atoms with E-state index in [9.17, 15) is 9.90 Å². The van der Waals surface area contributed by atoms with Gasteiger partial charge in [-0.1, -0.05) is 0 Å². The van der Waals surface area contributed by atoms with Gasteiger partial charge in [-0.2, -0.15) is 0 Å². The van der Waals surface area contributed by atoms with Crippen LogP contribution in [0, 0.1) is 0 Å². The van der Waals surface area contributed by atoms with Crippen molar-refractivity contribution in [1.29, 1.82) is 0 Å². The Kier molecular flexibility index (Phi) is 4.01. The van der Waals surface area contributed by atoms with Gasteiger partial charge in [0.1, 0.15) is 0 Å². The van der Waals surface area contributed by atoms with Gasteiger partial charge in [-0.25, -0.2) is 0 Å². The predicted molar refractivity (Wildman–Crippen MR) is 65.7 cm³/mol. The second kappa shape index (κ2) is 5.33. The maximum Gasteiger partial charge on any atom is 0.236 e. The molecule has 0 aromatic heterocycles. The molecule has 0 bridgehead atoms. The van der Waals surface area contributed by atoms with Gasteiger partial charge in [0.05, 0.1) is 18.7 Å². The van der Waals surface area contributed by atoms with Crippen LogP contribution in [0.2, 0.25) is 0 Å². The number of carbonyl (C=O) groups is 1. The summed E-state index contributed by atoms with van der Waals surface area (Å²) in [5.41, 5.74) is -0.687. The number of aliphatic hydroxyl groups is 1. The number of hydrogen-bond acceptors (Lipinski definition) is 4. The van der Waals surface area contributed by atoms with E-state index in [2.05, 4.69) is 10.2 Å². The molecule has 2 aliphatic heterocycles.